The highest BCUT2D eigenvalue weighted by atomic mass is 14.9. The topological polar surface area (TPSA) is 41.0 Å². The first-order valence-corrected chi connectivity index (χ1v) is 5.05. The fourth-order valence-corrected chi connectivity index (χ4v) is 1.29. The summed E-state index contributed by atoms with van der Waals surface area (Å²) < 4.78 is 0. The summed E-state index contributed by atoms with van der Waals surface area (Å²) in [4.78, 5) is 12.0. The van der Waals surface area contributed by atoms with Crippen molar-refractivity contribution in [3.05, 3.63) is 30.1 Å². The van der Waals surface area contributed by atoms with Crippen molar-refractivity contribution in [2.75, 3.05) is 0 Å². The van der Waals surface area contributed by atoms with Crippen LogP contribution in [0.3, 0.4) is 0 Å². The number of aliphatic imine (C=N–C) groups is 1. The molecule has 15 heavy (non-hydrogen) atoms. The monoisotopic (exact) mass is 201 g/mol. The number of imidazole rings is 1. The smallest absolute Gasteiger partial charge is 0.149 e. The van der Waals surface area contributed by atoms with E-state index in [1.807, 2.05) is 24.3 Å². The Labute approximate surface area is 89.3 Å². The molecule has 0 unspecified atom stereocenters. The Balaban J connectivity index is 2.34. The zero-order valence-corrected chi connectivity index (χ0v) is 9.28. The van der Waals surface area contributed by atoms with Crippen LogP contribution in [0.1, 0.15) is 26.6 Å². The molecule has 0 aliphatic carbocycles. The van der Waals surface area contributed by atoms with Gasteiger partial charge in [0.05, 0.1) is 22.8 Å². The van der Waals surface area contributed by atoms with Gasteiger partial charge in [-0.05, 0) is 32.9 Å². The number of hydrogen-bond acceptors (Lipinski definition) is 2. The summed E-state index contributed by atoms with van der Waals surface area (Å²) in [5, 5.41) is 0. The SMILES string of the molecule is CC(C)(C)N=Cc1nc2ccccc2[nH]1. The van der Waals surface area contributed by atoms with Gasteiger partial charge in [0.2, 0.25) is 0 Å². The van der Waals surface area contributed by atoms with Crippen LogP contribution in [0.4, 0.5) is 0 Å². The second kappa shape index (κ2) is 3.50. The normalized spacial score (nSPS) is 12.7. The van der Waals surface area contributed by atoms with Crippen LogP contribution in [-0.4, -0.2) is 21.7 Å². The fourth-order valence-electron chi connectivity index (χ4n) is 1.29. The van der Waals surface area contributed by atoms with Crippen LogP contribution in [-0.2, 0) is 0 Å². The predicted molar refractivity (Wildman–Crippen MR) is 63.4 cm³/mol. The van der Waals surface area contributed by atoms with E-state index < -0.39 is 0 Å². The number of rotatable bonds is 1. The van der Waals surface area contributed by atoms with Crippen molar-refractivity contribution in [2.45, 2.75) is 26.3 Å². The zero-order chi connectivity index (χ0) is 10.9. The molecule has 0 spiro atoms. The maximum Gasteiger partial charge on any atom is 0.149 e. The van der Waals surface area contributed by atoms with Crippen molar-refractivity contribution >= 4 is 17.2 Å². The molecule has 0 atom stereocenters. The largest absolute Gasteiger partial charge is 0.337 e. The molecule has 0 saturated carbocycles. The Kier molecular flexibility index (Phi) is 2.31. The van der Waals surface area contributed by atoms with Crippen LogP contribution in [0.5, 0.6) is 0 Å². The number of H-pyrrole nitrogens is 1. The van der Waals surface area contributed by atoms with Gasteiger partial charge in [-0.1, -0.05) is 12.1 Å². The molecule has 0 radical (unpaired) electrons. The maximum atomic E-state index is 4.41. The van der Waals surface area contributed by atoms with Crippen LogP contribution in [0, 0.1) is 0 Å². The van der Waals surface area contributed by atoms with Gasteiger partial charge in [0.15, 0.2) is 0 Å². The quantitative estimate of drug-likeness (QED) is 0.708. The summed E-state index contributed by atoms with van der Waals surface area (Å²) in [6, 6.07) is 7.97. The molecule has 2 rings (SSSR count). The second-order valence-corrected chi connectivity index (χ2v) is 4.57. The van der Waals surface area contributed by atoms with Crippen molar-refractivity contribution in [2.24, 2.45) is 4.99 Å². The first kappa shape index (κ1) is 9.90. The molecule has 0 amide bonds. The van der Waals surface area contributed by atoms with Gasteiger partial charge >= 0.3 is 0 Å². The molecule has 0 bridgehead atoms. The lowest BCUT2D eigenvalue weighted by Crippen LogP contribution is -2.09. The van der Waals surface area contributed by atoms with Gasteiger partial charge in [0.25, 0.3) is 0 Å². The number of aromatic amines is 1. The van der Waals surface area contributed by atoms with E-state index in [0.717, 1.165) is 16.9 Å². The second-order valence-electron chi connectivity index (χ2n) is 4.57. The molecule has 2 aromatic rings. The van der Waals surface area contributed by atoms with Gasteiger partial charge in [-0.2, -0.15) is 0 Å². The van der Waals surface area contributed by atoms with Crippen LogP contribution in [0.15, 0.2) is 29.3 Å². The molecule has 1 aromatic heterocycles. The van der Waals surface area contributed by atoms with Crippen LogP contribution < -0.4 is 0 Å². The average Bonchev–Trinajstić information content (AvgIpc) is 2.56. The van der Waals surface area contributed by atoms with Crippen molar-refractivity contribution < 1.29 is 0 Å². The Morgan fingerprint density at radius 1 is 1.27 bits per heavy atom. The molecule has 0 fully saturated rings. The molecule has 0 saturated heterocycles. The number of hydrogen-bond donors (Lipinski definition) is 1. The van der Waals surface area contributed by atoms with Crippen molar-refractivity contribution in [3.63, 3.8) is 0 Å². The lowest BCUT2D eigenvalue weighted by molar-refractivity contribution is 0.586. The molecule has 1 aromatic carbocycles. The highest BCUT2D eigenvalue weighted by Crippen LogP contribution is 2.10. The summed E-state index contributed by atoms with van der Waals surface area (Å²) >= 11 is 0. The number of para-hydroxylation sites is 2. The number of fused-ring (bicyclic) bond motifs is 1. The Morgan fingerprint density at radius 2 is 2.00 bits per heavy atom. The predicted octanol–water partition coefficient (Wildman–Crippen LogP) is 2.78. The van der Waals surface area contributed by atoms with Gasteiger partial charge in [0.1, 0.15) is 5.82 Å². The summed E-state index contributed by atoms with van der Waals surface area (Å²) in [6.07, 6.45) is 1.79. The summed E-state index contributed by atoms with van der Waals surface area (Å²) in [5.41, 5.74) is 1.97. The van der Waals surface area contributed by atoms with E-state index in [1.54, 1.807) is 6.21 Å². The zero-order valence-electron chi connectivity index (χ0n) is 9.28. The van der Waals surface area contributed by atoms with Crippen molar-refractivity contribution in [1.82, 2.24) is 9.97 Å². The van der Waals surface area contributed by atoms with E-state index in [2.05, 4.69) is 35.7 Å². The molecular formula is C12H15N3. The van der Waals surface area contributed by atoms with E-state index in [1.165, 1.54) is 0 Å². The lowest BCUT2D eigenvalue weighted by Gasteiger charge is -2.09. The molecule has 3 heteroatoms. The summed E-state index contributed by atoms with van der Waals surface area (Å²) in [7, 11) is 0. The molecule has 78 valence electrons. The average molecular weight is 201 g/mol. The summed E-state index contributed by atoms with van der Waals surface area (Å²) in [6.45, 7) is 6.18. The molecule has 3 nitrogen and oxygen atoms in total. The van der Waals surface area contributed by atoms with E-state index in [9.17, 15) is 0 Å². The molecule has 0 aliphatic heterocycles. The van der Waals surface area contributed by atoms with E-state index in [0.29, 0.717) is 0 Å². The van der Waals surface area contributed by atoms with Crippen molar-refractivity contribution in [3.8, 4) is 0 Å². The minimum absolute atomic E-state index is 0.0566. The summed E-state index contributed by atoms with van der Waals surface area (Å²) in [5.74, 6) is 0.811. The Bertz CT molecular complexity index is 456. The van der Waals surface area contributed by atoms with E-state index in [4.69, 9.17) is 0 Å². The van der Waals surface area contributed by atoms with Gasteiger partial charge in [0, 0.05) is 0 Å². The van der Waals surface area contributed by atoms with Gasteiger partial charge in [-0.15, -0.1) is 0 Å². The maximum absolute atomic E-state index is 4.41. The third-order valence-corrected chi connectivity index (χ3v) is 1.98. The van der Waals surface area contributed by atoms with Crippen LogP contribution in [0.25, 0.3) is 11.0 Å². The van der Waals surface area contributed by atoms with Crippen LogP contribution >= 0.6 is 0 Å². The molecule has 1 N–H and O–H groups in total. The minimum Gasteiger partial charge on any atom is -0.337 e. The number of nitrogens with zero attached hydrogens (tertiary/aromatic N) is 2. The van der Waals surface area contributed by atoms with E-state index >= 15 is 0 Å². The van der Waals surface area contributed by atoms with Gasteiger partial charge < -0.3 is 4.98 Å². The number of aromatic nitrogens is 2. The molecule has 0 aliphatic rings. The van der Waals surface area contributed by atoms with Crippen molar-refractivity contribution in [1.29, 1.82) is 0 Å². The fraction of sp³-hybridized carbons (Fsp3) is 0.333. The lowest BCUT2D eigenvalue weighted by atomic mass is 10.1. The first-order chi connectivity index (χ1) is 7.04. The minimum atomic E-state index is -0.0566. The van der Waals surface area contributed by atoms with Gasteiger partial charge in [-0.25, -0.2) is 4.98 Å². The van der Waals surface area contributed by atoms with E-state index in [-0.39, 0.29) is 5.54 Å². The van der Waals surface area contributed by atoms with Gasteiger partial charge in [-0.3, -0.25) is 4.99 Å². The number of benzene rings is 1. The number of nitrogens with one attached hydrogen (secondary N) is 1. The Morgan fingerprint density at radius 3 is 2.67 bits per heavy atom. The molecule has 1 heterocycles. The molecular weight excluding hydrogens is 186 g/mol. The third-order valence-electron chi connectivity index (χ3n) is 1.98. The van der Waals surface area contributed by atoms with Crippen LogP contribution in [0.2, 0.25) is 0 Å². The standard InChI is InChI=1S/C12H15N3/c1-12(2,3)13-8-11-14-9-6-4-5-7-10(9)15-11/h4-8H,1-3H3,(H,14,15). The Hall–Kier alpha value is -1.64. The highest BCUT2D eigenvalue weighted by molar-refractivity contribution is 5.83. The highest BCUT2D eigenvalue weighted by Gasteiger charge is 2.05. The third kappa shape index (κ3) is 2.43. The first-order valence-electron chi connectivity index (χ1n) is 5.05.